The van der Waals surface area contributed by atoms with Crippen molar-refractivity contribution in [3.8, 4) is 0 Å². The molecule has 0 saturated carbocycles. The summed E-state index contributed by atoms with van der Waals surface area (Å²) in [5.74, 6) is -1.04. The van der Waals surface area contributed by atoms with Gasteiger partial charge in [-0.2, -0.15) is 0 Å². The van der Waals surface area contributed by atoms with Gasteiger partial charge in [-0.1, -0.05) is 0 Å². The van der Waals surface area contributed by atoms with Gasteiger partial charge in [0, 0.05) is 18.8 Å². The Morgan fingerprint density at radius 2 is 2.21 bits per heavy atom. The number of hydrogen-bond acceptors (Lipinski definition) is 4. The first-order chi connectivity index (χ1) is 9.06. The SMILES string of the molecule is Cc1cc(N)cc(C(=O)NCCCOCCO)c1F. The minimum atomic E-state index is -0.553. The minimum absolute atomic E-state index is 0.0276. The van der Waals surface area contributed by atoms with Gasteiger partial charge >= 0.3 is 0 Å². The molecule has 1 amide bonds. The van der Waals surface area contributed by atoms with Gasteiger partial charge in [0.15, 0.2) is 0 Å². The number of nitrogens with one attached hydrogen (secondary N) is 1. The molecule has 0 unspecified atom stereocenters. The second kappa shape index (κ2) is 7.70. The zero-order valence-electron chi connectivity index (χ0n) is 10.9. The second-order valence-corrected chi connectivity index (χ2v) is 4.14. The molecule has 5 nitrogen and oxygen atoms in total. The Labute approximate surface area is 111 Å². The van der Waals surface area contributed by atoms with E-state index in [0.29, 0.717) is 30.8 Å². The van der Waals surface area contributed by atoms with Crippen molar-refractivity contribution in [3.63, 3.8) is 0 Å². The van der Waals surface area contributed by atoms with E-state index < -0.39 is 11.7 Å². The number of halogens is 1. The molecule has 0 spiro atoms. The standard InChI is InChI=1S/C13H19FN2O3/c1-9-7-10(15)8-11(12(9)14)13(18)16-3-2-5-19-6-4-17/h7-8,17H,2-6,15H2,1H3,(H,16,18). The summed E-state index contributed by atoms with van der Waals surface area (Å²) in [5.41, 5.74) is 6.24. The first-order valence-corrected chi connectivity index (χ1v) is 6.08. The predicted molar refractivity (Wildman–Crippen MR) is 70.4 cm³/mol. The van der Waals surface area contributed by atoms with Crippen molar-refractivity contribution in [1.29, 1.82) is 0 Å². The molecule has 0 atom stereocenters. The average molecular weight is 270 g/mol. The lowest BCUT2D eigenvalue weighted by atomic mass is 10.1. The van der Waals surface area contributed by atoms with E-state index in [1.54, 1.807) is 6.92 Å². The van der Waals surface area contributed by atoms with Crippen LogP contribution in [0.1, 0.15) is 22.3 Å². The van der Waals surface area contributed by atoms with Gasteiger partial charge in [0.2, 0.25) is 0 Å². The van der Waals surface area contributed by atoms with Crippen LogP contribution in [0.5, 0.6) is 0 Å². The summed E-state index contributed by atoms with van der Waals surface area (Å²) >= 11 is 0. The molecule has 0 aliphatic heterocycles. The predicted octanol–water partition coefficient (Wildman–Crippen LogP) is 0.845. The molecule has 0 aliphatic carbocycles. The molecule has 6 heteroatoms. The lowest BCUT2D eigenvalue weighted by Gasteiger charge is -2.09. The lowest BCUT2D eigenvalue weighted by Crippen LogP contribution is -2.26. The molecule has 0 heterocycles. The maximum Gasteiger partial charge on any atom is 0.254 e. The molecule has 1 rings (SSSR count). The Bertz CT molecular complexity index is 438. The number of carbonyl (C=O) groups excluding carboxylic acids is 1. The number of rotatable bonds is 7. The number of amides is 1. The van der Waals surface area contributed by atoms with Crippen molar-refractivity contribution in [3.05, 3.63) is 29.1 Å². The van der Waals surface area contributed by atoms with Crippen molar-refractivity contribution < 1.29 is 19.0 Å². The van der Waals surface area contributed by atoms with Gasteiger partial charge in [-0.25, -0.2) is 4.39 Å². The average Bonchev–Trinajstić information content (AvgIpc) is 2.37. The van der Waals surface area contributed by atoms with Crippen LogP contribution in [0.25, 0.3) is 0 Å². The number of nitrogens with two attached hydrogens (primary N) is 1. The molecule has 1 aromatic rings. The Morgan fingerprint density at radius 3 is 2.89 bits per heavy atom. The van der Waals surface area contributed by atoms with Gasteiger partial charge in [-0.15, -0.1) is 0 Å². The highest BCUT2D eigenvalue weighted by atomic mass is 19.1. The maximum absolute atomic E-state index is 13.7. The molecule has 4 N–H and O–H groups in total. The van der Waals surface area contributed by atoms with Crippen LogP contribution in [0.3, 0.4) is 0 Å². The summed E-state index contributed by atoms with van der Waals surface area (Å²) < 4.78 is 18.8. The highest BCUT2D eigenvalue weighted by molar-refractivity contribution is 5.95. The molecule has 0 bridgehead atoms. The first kappa shape index (κ1) is 15.4. The number of aliphatic hydroxyl groups excluding tert-OH is 1. The zero-order chi connectivity index (χ0) is 14.3. The van der Waals surface area contributed by atoms with E-state index in [2.05, 4.69) is 5.32 Å². The van der Waals surface area contributed by atoms with Gasteiger partial charge in [0.05, 0.1) is 18.8 Å². The summed E-state index contributed by atoms with van der Waals surface area (Å²) in [5, 5.41) is 11.1. The van der Waals surface area contributed by atoms with E-state index in [0.717, 1.165) is 0 Å². The Hall–Kier alpha value is -1.66. The van der Waals surface area contributed by atoms with Crippen molar-refractivity contribution in [2.24, 2.45) is 0 Å². The number of nitrogen functional groups attached to an aromatic ring is 1. The Morgan fingerprint density at radius 1 is 1.47 bits per heavy atom. The van der Waals surface area contributed by atoms with Crippen LogP contribution in [0.4, 0.5) is 10.1 Å². The molecule has 0 aromatic heterocycles. The van der Waals surface area contributed by atoms with Gasteiger partial charge < -0.3 is 20.9 Å². The van der Waals surface area contributed by atoms with Crippen LogP contribution >= 0.6 is 0 Å². The van der Waals surface area contributed by atoms with E-state index in [4.69, 9.17) is 15.6 Å². The summed E-state index contributed by atoms with van der Waals surface area (Å²) in [7, 11) is 0. The quantitative estimate of drug-likeness (QED) is 0.506. The summed E-state index contributed by atoms with van der Waals surface area (Å²) in [6.45, 7) is 2.61. The highest BCUT2D eigenvalue weighted by Crippen LogP contribution is 2.16. The van der Waals surface area contributed by atoms with Crippen LogP contribution in [-0.2, 0) is 4.74 Å². The zero-order valence-corrected chi connectivity index (χ0v) is 10.9. The highest BCUT2D eigenvalue weighted by Gasteiger charge is 2.14. The van der Waals surface area contributed by atoms with E-state index in [9.17, 15) is 9.18 Å². The molecule has 19 heavy (non-hydrogen) atoms. The van der Waals surface area contributed by atoms with Crippen LogP contribution in [0.2, 0.25) is 0 Å². The maximum atomic E-state index is 13.7. The third-order valence-electron chi connectivity index (χ3n) is 2.51. The van der Waals surface area contributed by atoms with Gasteiger partial charge in [0.25, 0.3) is 5.91 Å². The van der Waals surface area contributed by atoms with Crippen molar-refractivity contribution in [1.82, 2.24) is 5.32 Å². The number of aliphatic hydroxyl groups is 1. The number of benzene rings is 1. The molecule has 1 aromatic carbocycles. The van der Waals surface area contributed by atoms with Gasteiger partial charge in [-0.3, -0.25) is 4.79 Å². The van der Waals surface area contributed by atoms with E-state index in [-0.39, 0.29) is 18.8 Å². The number of aryl methyl sites for hydroxylation is 1. The molecule has 106 valence electrons. The number of ether oxygens (including phenoxy) is 1. The van der Waals surface area contributed by atoms with Gasteiger partial charge in [0.1, 0.15) is 5.82 Å². The smallest absolute Gasteiger partial charge is 0.254 e. The minimum Gasteiger partial charge on any atom is -0.399 e. The van der Waals surface area contributed by atoms with Crippen LogP contribution in [0.15, 0.2) is 12.1 Å². The van der Waals surface area contributed by atoms with Crippen LogP contribution < -0.4 is 11.1 Å². The fourth-order valence-corrected chi connectivity index (χ4v) is 1.60. The topological polar surface area (TPSA) is 84.6 Å². The van der Waals surface area contributed by atoms with Crippen molar-refractivity contribution >= 4 is 11.6 Å². The van der Waals surface area contributed by atoms with Crippen molar-refractivity contribution in [2.45, 2.75) is 13.3 Å². The third-order valence-corrected chi connectivity index (χ3v) is 2.51. The van der Waals surface area contributed by atoms with E-state index in [1.807, 2.05) is 0 Å². The first-order valence-electron chi connectivity index (χ1n) is 6.08. The van der Waals surface area contributed by atoms with E-state index in [1.165, 1.54) is 12.1 Å². The molecule has 0 fully saturated rings. The largest absolute Gasteiger partial charge is 0.399 e. The fraction of sp³-hybridized carbons (Fsp3) is 0.462. The normalized spacial score (nSPS) is 10.5. The summed E-state index contributed by atoms with van der Waals surface area (Å²) in [6, 6.07) is 2.80. The summed E-state index contributed by atoms with van der Waals surface area (Å²) in [6.07, 6.45) is 0.592. The number of hydrogen-bond donors (Lipinski definition) is 3. The fourth-order valence-electron chi connectivity index (χ4n) is 1.60. The van der Waals surface area contributed by atoms with E-state index >= 15 is 0 Å². The Kier molecular flexibility index (Phi) is 6.24. The molecule has 0 saturated heterocycles. The number of anilines is 1. The monoisotopic (exact) mass is 270 g/mol. The molecular formula is C13H19FN2O3. The lowest BCUT2D eigenvalue weighted by molar-refractivity contribution is 0.0866. The molecule has 0 aliphatic rings. The van der Waals surface area contributed by atoms with Gasteiger partial charge in [-0.05, 0) is 31.0 Å². The van der Waals surface area contributed by atoms with Crippen LogP contribution in [-0.4, -0.2) is 37.4 Å². The van der Waals surface area contributed by atoms with Crippen molar-refractivity contribution in [2.75, 3.05) is 32.1 Å². The van der Waals surface area contributed by atoms with Crippen LogP contribution in [0, 0.1) is 12.7 Å². The number of carbonyl (C=O) groups is 1. The summed E-state index contributed by atoms with van der Waals surface area (Å²) in [4.78, 5) is 11.8. The molecular weight excluding hydrogens is 251 g/mol. The Balaban J connectivity index is 2.46. The second-order valence-electron chi connectivity index (χ2n) is 4.14. The third kappa shape index (κ3) is 4.84. The molecule has 0 radical (unpaired) electrons.